The van der Waals surface area contributed by atoms with E-state index >= 15 is 0 Å². The van der Waals surface area contributed by atoms with Crippen LogP contribution in [0.4, 0.5) is 0 Å². The van der Waals surface area contributed by atoms with Gasteiger partial charge in [0.1, 0.15) is 44.4 Å². The summed E-state index contributed by atoms with van der Waals surface area (Å²) in [6, 6.07) is 10.9. The highest BCUT2D eigenvalue weighted by molar-refractivity contribution is 6.68. The average Bonchev–Trinajstić information content (AvgIpc) is 2.59. The first-order valence-electron chi connectivity index (χ1n) is 7.01. The van der Waals surface area contributed by atoms with Gasteiger partial charge >= 0.3 is 0 Å². The van der Waals surface area contributed by atoms with Crippen molar-refractivity contribution in [3.8, 4) is 22.6 Å². The minimum absolute atomic E-state index is 0.150. The molecule has 0 fully saturated rings. The Morgan fingerprint density at radius 2 is 1.25 bits per heavy atom. The molecule has 0 aliphatic rings. The molecular formula is C16H6B5ClN2. The molecule has 2 aromatic carbocycles. The fourth-order valence-electron chi connectivity index (χ4n) is 2.39. The van der Waals surface area contributed by atoms with Crippen LogP contribution in [0.1, 0.15) is 0 Å². The van der Waals surface area contributed by atoms with E-state index in [1.807, 2.05) is 30.3 Å². The van der Waals surface area contributed by atoms with E-state index in [9.17, 15) is 0 Å². The van der Waals surface area contributed by atoms with E-state index in [4.69, 9.17) is 50.8 Å². The van der Waals surface area contributed by atoms with Gasteiger partial charge in [-0.05, 0) is 5.56 Å². The van der Waals surface area contributed by atoms with Crippen LogP contribution < -0.4 is 27.3 Å². The van der Waals surface area contributed by atoms with Crippen LogP contribution in [0.15, 0.2) is 36.4 Å². The summed E-state index contributed by atoms with van der Waals surface area (Å²) in [5.74, 6) is 0.436. The van der Waals surface area contributed by atoms with Crippen molar-refractivity contribution in [2.75, 3.05) is 0 Å². The molecule has 102 valence electrons. The predicted molar refractivity (Wildman–Crippen MR) is 105 cm³/mol. The Morgan fingerprint density at radius 1 is 0.708 bits per heavy atom. The SMILES string of the molecule is [B]c1c([B])c([B])c(-c2cc(Cl)nc(-c3ccccc3)n2)c([B])c1[B]. The van der Waals surface area contributed by atoms with Crippen molar-refractivity contribution >= 4 is 78.1 Å². The highest BCUT2D eigenvalue weighted by Crippen LogP contribution is 2.21. The van der Waals surface area contributed by atoms with E-state index in [0.29, 0.717) is 17.1 Å². The largest absolute Gasteiger partial charge is 0.228 e. The summed E-state index contributed by atoms with van der Waals surface area (Å²) in [4.78, 5) is 8.74. The lowest BCUT2D eigenvalue weighted by Crippen LogP contribution is -2.55. The summed E-state index contributed by atoms with van der Waals surface area (Å²) in [6.45, 7) is 0. The third-order valence-corrected chi connectivity index (χ3v) is 3.88. The summed E-state index contributed by atoms with van der Waals surface area (Å²) in [5.41, 5.74) is 2.48. The molecule has 0 amide bonds. The van der Waals surface area contributed by atoms with Crippen LogP contribution in [0.25, 0.3) is 22.6 Å². The maximum Gasteiger partial charge on any atom is 0.161 e. The lowest BCUT2D eigenvalue weighted by atomic mass is 9.60. The van der Waals surface area contributed by atoms with Gasteiger partial charge in [-0.15, -0.1) is 16.4 Å². The van der Waals surface area contributed by atoms with Crippen molar-refractivity contribution in [3.05, 3.63) is 41.6 Å². The fraction of sp³-hybridized carbons (Fsp3) is 0. The molecule has 0 bridgehead atoms. The zero-order valence-electron chi connectivity index (χ0n) is 12.6. The summed E-state index contributed by atoms with van der Waals surface area (Å²) >= 11 is 6.15. The standard InChI is InChI=1S/C16H6B5ClN2/c17-11-10(12(18)14(20)15(21)13(11)19)8-6-9(22)24-16(23-8)7-4-2-1-3-5-7/h1-6H. The number of nitrogens with zero attached hydrogens (tertiary/aromatic N) is 2. The van der Waals surface area contributed by atoms with Gasteiger partial charge < -0.3 is 0 Å². The number of benzene rings is 2. The molecule has 0 saturated carbocycles. The van der Waals surface area contributed by atoms with E-state index in [1.54, 1.807) is 6.07 Å². The second kappa shape index (κ2) is 6.56. The lowest BCUT2D eigenvalue weighted by Gasteiger charge is -2.21. The van der Waals surface area contributed by atoms with Crippen LogP contribution in [0.3, 0.4) is 0 Å². The van der Waals surface area contributed by atoms with Crippen molar-refractivity contribution in [2.24, 2.45) is 0 Å². The molecule has 3 rings (SSSR count). The molecule has 0 aliphatic carbocycles. The van der Waals surface area contributed by atoms with Crippen molar-refractivity contribution < 1.29 is 0 Å². The third-order valence-electron chi connectivity index (χ3n) is 3.68. The smallest absolute Gasteiger partial charge is 0.161 e. The van der Waals surface area contributed by atoms with Gasteiger partial charge in [0.25, 0.3) is 0 Å². The Hall–Kier alpha value is -1.87. The molecule has 3 aromatic rings. The van der Waals surface area contributed by atoms with Crippen molar-refractivity contribution in [3.63, 3.8) is 0 Å². The molecule has 0 spiro atoms. The van der Waals surface area contributed by atoms with Crippen LogP contribution >= 0.6 is 11.6 Å². The molecule has 0 saturated heterocycles. The Labute approximate surface area is 152 Å². The Morgan fingerprint density at radius 3 is 1.83 bits per heavy atom. The van der Waals surface area contributed by atoms with Crippen molar-refractivity contribution in [2.45, 2.75) is 0 Å². The Balaban J connectivity index is 2.27. The van der Waals surface area contributed by atoms with E-state index in [0.717, 1.165) is 5.56 Å². The van der Waals surface area contributed by atoms with Gasteiger partial charge in [-0.3, -0.25) is 0 Å². The van der Waals surface area contributed by atoms with Crippen LogP contribution in [0.5, 0.6) is 0 Å². The highest BCUT2D eigenvalue weighted by atomic mass is 35.5. The van der Waals surface area contributed by atoms with Gasteiger partial charge in [0, 0.05) is 11.6 Å². The zero-order valence-corrected chi connectivity index (χ0v) is 13.4. The molecular weight excluding hydrogens is 310 g/mol. The van der Waals surface area contributed by atoms with Gasteiger partial charge in [0.05, 0.1) is 5.69 Å². The minimum Gasteiger partial charge on any atom is -0.228 e. The molecule has 10 radical (unpaired) electrons. The molecule has 1 aromatic heterocycles. The maximum atomic E-state index is 6.15. The van der Waals surface area contributed by atoms with E-state index in [1.165, 1.54) is 0 Å². The van der Waals surface area contributed by atoms with Gasteiger partial charge in [0.2, 0.25) is 0 Å². The first kappa shape index (κ1) is 17.0. The minimum atomic E-state index is 0.150. The topological polar surface area (TPSA) is 25.8 Å². The number of rotatable bonds is 2. The quantitative estimate of drug-likeness (QED) is 0.422. The van der Waals surface area contributed by atoms with Crippen molar-refractivity contribution in [1.29, 1.82) is 0 Å². The second-order valence-electron chi connectivity index (χ2n) is 5.21. The van der Waals surface area contributed by atoms with Gasteiger partial charge in [-0.25, -0.2) is 9.97 Å². The number of hydrogen-bond acceptors (Lipinski definition) is 2. The van der Waals surface area contributed by atoms with Gasteiger partial charge in [0.15, 0.2) is 5.82 Å². The monoisotopic (exact) mass is 316 g/mol. The predicted octanol–water partition coefficient (Wildman–Crippen LogP) is -1.57. The normalized spacial score (nSPS) is 10.7. The number of hydrogen-bond donors (Lipinski definition) is 0. The average molecular weight is 316 g/mol. The zero-order chi connectivity index (χ0) is 17.4. The Kier molecular flexibility index (Phi) is 4.64. The first-order chi connectivity index (χ1) is 11.4. The van der Waals surface area contributed by atoms with Crippen LogP contribution in [-0.2, 0) is 0 Å². The number of halogens is 1. The van der Waals surface area contributed by atoms with Crippen molar-refractivity contribution in [1.82, 2.24) is 9.97 Å². The van der Waals surface area contributed by atoms with E-state index in [-0.39, 0.29) is 32.5 Å². The van der Waals surface area contributed by atoms with Crippen LogP contribution in [0.2, 0.25) is 5.15 Å². The summed E-state index contributed by atoms with van der Waals surface area (Å²) < 4.78 is 0. The molecule has 24 heavy (non-hydrogen) atoms. The summed E-state index contributed by atoms with van der Waals surface area (Å²) in [5, 5.41) is 0.242. The lowest BCUT2D eigenvalue weighted by molar-refractivity contribution is 1.18. The van der Waals surface area contributed by atoms with Gasteiger partial charge in [-0.2, -0.15) is 0 Å². The fourth-order valence-corrected chi connectivity index (χ4v) is 2.57. The molecule has 1 heterocycles. The molecule has 0 unspecified atom stereocenters. The van der Waals surface area contributed by atoms with Crippen LogP contribution in [-0.4, -0.2) is 49.2 Å². The van der Waals surface area contributed by atoms with Crippen LogP contribution in [0, 0.1) is 0 Å². The Bertz CT molecular complexity index is 902. The summed E-state index contributed by atoms with van der Waals surface area (Å²) in [7, 11) is 29.8. The first-order valence-corrected chi connectivity index (χ1v) is 7.39. The molecule has 0 N–H and O–H groups in total. The molecule has 0 atom stereocenters. The second-order valence-corrected chi connectivity index (χ2v) is 5.60. The molecule has 0 aliphatic heterocycles. The summed E-state index contributed by atoms with van der Waals surface area (Å²) in [6.07, 6.45) is 0. The van der Waals surface area contributed by atoms with Gasteiger partial charge in [-0.1, -0.05) is 52.9 Å². The third kappa shape index (κ3) is 2.93. The van der Waals surface area contributed by atoms with E-state index in [2.05, 4.69) is 9.97 Å². The molecule has 8 heteroatoms. The molecule has 2 nitrogen and oxygen atoms in total. The highest BCUT2D eigenvalue weighted by Gasteiger charge is 2.15. The number of aromatic nitrogens is 2. The maximum absolute atomic E-state index is 6.15. The van der Waals surface area contributed by atoms with E-state index < -0.39 is 0 Å².